The van der Waals surface area contributed by atoms with E-state index in [9.17, 15) is 18.0 Å². The molecule has 2 N–H and O–H groups in total. The number of carbonyl (C=O) groups excluding carboxylic acids is 1. The number of alkyl halides is 3. The van der Waals surface area contributed by atoms with Crippen molar-refractivity contribution >= 4 is 16.8 Å². The number of nitrogens with one attached hydrogen (secondary N) is 2. The van der Waals surface area contributed by atoms with E-state index in [4.69, 9.17) is 4.74 Å². The predicted octanol–water partition coefficient (Wildman–Crippen LogP) is 5.03. The fraction of sp³-hybridized carbons (Fsp3) is 0.348. The summed E-state index contributed by atoms with van der Waals surface area (Å²) in [7, 11) is 1.54. The van der Waals surface area contributed by atoms with Gasteiger partial charge in [-0.25, -0.2) is 0 Å². The molecule has 1 amide bonds. The number of benzene rings is 2. The van der Waals surface area contributed by atoms with Gasteiger partial charge in [0.2, 0.25) is 5.91 Å². The van der Waals surface area contributed by atoms with Gasteiger partial charge in [0.25, 0.3) is 0 Å². The molecule has 7 heteroatoms. The maximum Gasteiger partial charge on any atom is 0.416 e. The van der Waals surface area contributed by atoms with Crippen LogP contribution in [0, 0.1) is 0 Å². The van der Waals surface area contributed by atoms with Gasteiger partial charge in [0.05, 0.1) is 12.2 Å². The van der Waals surface area contributed by atoms with E-state index in [0.29, 0.717) is 18.7 Å². The number of ether oxygens (including phenoxy) is 1. The minimum absolute atomic E-state index is 0.0360. The van der Waals surface area contributed by atoms with E-state index in [1.54, 1.807) is 12.3 Å². The zero-order chi connectivity index (χ0) is 21.7. The van der Waals surface area contributed by atoms with Crippen LogP contribution < -0.4 is 5.32 Å². The number of H-pyrrole nitrogens is 1. The number of hydrogen-bond acceptors (Lipinski definition) is 2. The predicted molar refractivity (Wildman–Crippen MR) is 110 cm³/mol. The first-order valence-corrected chi connectivity index (χ1v) is 9.86. The van der Waals surface area contributed by atoms with Crippen LogP contribution in [0.2, 0.25) is 0 Å². The van der Waals surface area contributed by atoms with Crippen molar-refractivity contribution in [2.24, 2.45) is 0 Å². The zero-order valence-corrected chi connectivity index (χ0v) is 17.0. The molecule has 0 saturated carbocycles. The van der Waals surface area contributed by atoms with Gasteiger partial charge in [-0.15, -0.1) is 0 Å². The van der Waals surface area contributed by atoms with Crippen molar-refractivity contribution < 1.29 is 22.7 Å². The lowest BCUT2D eigenvalue weighted by Gasteiger charge is -2.19. The molecule has 1 heterocycles. The van der Waals surface area contributed by atoms with Crippen LogP contribution in [0.3, 0.4) is 0 Å². The summed E-state index contributed by atoms with van der Waals surface area (Å²) in [6.07, 6.45) is -1.79. The van der Waals surface area contributed by atoms with E-state index >= 15 is 0 Å². The van der Waals surface area contributed by atoms with Crippen molar-refractivity contribution in [1.29, 1.82) is 0 Å². The van der Waals surface area contributed by atoms with Crippen molar-refractivity contribution in [2.45, 2.75) is 31.9 Å². The van der Waals surface area contributed by atoms with Gasteiger partial charge >= 0.3 is 6.18 Å². The number of methoxy groups -OCH3 is 1. The quantitative estimate of drug-likeness (QED) is 0.504. The molecular formula is C23H25F3N2O2. The molecule has 0 unspecified atom stereocenters. The Morgan fingerprint density at radius 1 is 1.20 bits per heavy atom. The third-order valence-electron chi connectivity index (χ3n) is 5.22. The summed E-state index contributed by atoms with van der Waals surface area (Å²) in [5.41, 5.74) is 2.60. The van der Waals surface area contributed by atoms with Crippen LogP contribution in [0.5, 0.6) is 0 Å². The van der Waals surface area contributed by atoms with Gasteiger partial charge in [-0.2, -0.15) is 13.2 Å². The van der Waals surface area contributed by atoms with E-state index in [1.165, 1.54) is 13.2 Å². The van der Waals surface area contributed by atoms with Crippen LogP contribution in [0.15, 0.2) is 48.7 Å². The maximum absolute atomic E-state index is 13.3. The molecule has 0 radical (unpaired) electrons. The zero-order valence-electron chi connectivity index (χ0n) is 17.0. The Kier molecular flexibility index (Phi) is 6.82. The number of aromatic amines is 1. The highest BCUT2D eigenvalue weighted by atomic mass is 19.4. The van der Waals surface area contributed by atoms with Gasteiger partial charge in [0, 0.05) is 43.1 Å². The Bertz CT molecular complexity index is 1010. The summed E-state index contributed by atoms with van der Waals surface area (Å²) < 4.78 is 44.8. The number of hydrogen-bond donors (Lipinski definition) is 2. The molecule has 0 fully saturated rings. The van der Waals surface area contributed by atoms with Crippen LogP contribution >= 0.6 is 0 Å². The van der Waals surface area contributed by atoms with Crippen LogP contribution in [0.25, 0.3) is 10.9 Å². The van der Waals surface area contributed by atoms with Gasteiger partial charge in [-0.3, -0.25) is 4.79 Å². The summed E-state index contributed by atoms with van der Waals surface area (Å²) in [6.45, 7) is 2.76. The second-order valence-electron chi connectivity index (χ2n) is 7.16. The number of rotatable bonds is 8. The third kappa shape index (κ3) is 4.84. The van der Waals surface area contributed by atoms with Crippen molar-refractivity contribution in [3.05, 3.63) is 70.9 Å². The van der Waals surface area contributed by atoms with Gasteiger partial charge < -0.3 is 15.0 Å². The second kappa shape index (κ2) is 9.34. The Hall–Kier alpha value is -2.80. The number of carbonyl (C=O) groups is 1. The highest BCUT2D eigenvalue weighted by Crippen LogP contribution is 2.37. The third-order valence-corrected chi connectivity index (χ3v) is 5.22. The fourth-order valence-corrected chi connectivity index (χ4v) is 3.71. The first kappa shape index (κ1) is 21.9. The Labute approximate surface area is 173 Å². The van der Waals surface area contributed by atoms with E-state index in [0.717, 1.165) is 40.6 Å². The molecule has 0 saturated heterocycles. The maximum atomic E-state index is 13.3. The summed E-state index contributed by atoms with van der Waals surface area (Å²) >= 11 is 0. The fourth-order valence-electron chi connectivity index (χ4n) is 3.71. The van der Waals surface area contributed by atoms with Crippen LogP contribution in [0.4, 0.5) is 13.2 Å². The molecule has 3 rings (SSSR count). The topological polar surface area (TPSA) is 54.1 Å². The molecule has 0 spiro atoms. The normalized spacial score (nSPS) is 12.8. The Balaban J connectivity index is 2.04. The number of aryl methyl sites for hydroxylation is 1. The van der Waals surface area contributed by atoms with Gasteiger partial charge in [-0.1, -0.05) is 43.3 Å². The molecule has 30 heavy (non-hydrogen) atoms. The monoisotopic (exact) mass is 418 g/mol. The summed E-state index contributed by atoms with van der Waals surface area (Å²) in [4.78, 5) is 15.8. The molecule has 4 nitrogen and oxygen atoms in total. The summed E-state index contributed by atoms with van der Waals surface area (Å²) in [5.74, 6) is -0.758. The van der Waals surface area contributed by atoms with Crippen molar-refractivity contribution in [3.8, 4) is 0 Å². The molecule has 2 aromatic carbocycles. The second-order valence-corrected chi connectivity index (χ2v) is 7.16. The van der Waals surface area contributed by atoms with Gasteiger partial charge in [0.1, 0.15) is 0 Å². The largest absolute Gasteiger partial charge is 0.416 e. The number of aromatic nitrogens is 1. The molecule has 160 valence electrons. The number of fused-ring (bicyclic) bond motifs is 1. The van der Waals surface area contributed by atoms with Gasteiger partial charge in [-0.05, 0) is 29.2 Å². The molecule has 0 aliphatic rings. The SMILES string of the molecule is CCc1cccc2c([C@H](CC(=O)NCCOC)c3cccc(C(F)(F)F)c3)c[nH]c12. The summed E-state index contributed by atoms with van der Waals surface area (Å²) in [5, 5.41) is 3.68. The summed E-state index contributed by atoms with van der Waals surface area (Å²) in [6, 6.07) is 11.1. The van der Waals surface area contributed by atoms with Gasteiger partial charge in [0.15, 0.2) is 0 Å². The molecule has 3 aromatic rings. The Morgan fingerprint density at radius 2 is 1.97 bits per heavy atom. The number of para-hydroxylation sites is 1. The van der Waals surface area contributed by atoms with E-state index in [1.807, 2.05) is 25.1 Å². The Morgan fingerprint density at radius 3 is 2.67 bits per heavy atom. The minimum Gasteiger partial charge on any atom is -0.383 e. The van der Waals surface area contributed by atoms with E-state index < -0.39 is 17.7 Å². The number of amides is 1. The highest BCUT2D eigenvalue weighted by molar-refractivity contribution is 5.88. The molecule has 1 atom stereocenters. The minimum atomic E-state index is -4.45. The lowest BCUT2D eigenvalue weighted by atomic mass is 9.86. The average molecular weight is 418 g/mol. The van der Waals surface area contributed by atoms with Crippen molar-refractivity contribution in [2.75, 3.05) is 20.3 Å². The van der Waals surface area contributed by atoms with Crippen LogP contribution in [0.1, 0.15) is 41.5 Å². The smallest absolute Gasteiger partial charge is 0.383 e. The molecule has 0 aliphatic carbocycles. The first-order valence-electron chi connectivity index (χ1n) is 9.86. The lowest BCUT2D eigenvalue weighted by molar-refractivity contribution is -0.137. The first-order chi connectivity index (χ1) is 14.3. The van der Waals surface area contributed by atoms with Crippen molar-refractivity contribution in [3.63, 3.8) is 0 Å². The van der Waals surface area contributed by atoms with Crippen molar-refractivity contribution in [1.82, 2.24) is 10.3 Å². The van der Waals surface area contributed by atoms with E-state index in [-0.39, 0.29) is 12.3 Å². The molecule has 1 aromatic heterocycles. The molecule has 0 aliphatic heterocycles. The molecular weight excluding hydrogens is 393 g/mol. The van der Waals surface area contributed by atoms with E-state index in [2.05, 4.69) is 10.3 Å². The van der Waals surface area contributed by atoms with Crippen LogP contribution in [-0.2, 0) is 22.1 Å². The lowest BCUT2D eigenvalue weighted by Crippen LogP contribution is -2.28. The average Bonchev–Trinajstić information content (AvgIpc) is 3.15. The number of halogens is 3. The van der Waals surface area contributed by atoms with Crippen LogP contribution in [-0.4, -0.2) is 31.2 Å². The standard InChI is InChI=1S/C23H25F3N2O2/c1-3-15-6-5-9-18-20(14-28-22(15)18)19(13-21(29)27-10-11-30-2)16-7-4-8-17(12-16)23(24,25)26/h4-9,12,14,19,28H,3,10-11,13H2,1-2H3,(H,27,29)/t19-/m1/s1. The molecule has 0 bridgehead atoms. The highest BCUT2D eigenvalue weighted by Gasteiger charge is 2.32.